The van der Waals surface area contributed by atoms with E-state index in [1.54, 1.807) is 17.0 Å². The van der Waals surface area contributed by atoms with Gasteiger partial charge in [-0.2, -0.15) is 0 Å². The maximum Gasteiger partial charge on any atom is 0.251 e. The van der Waals surface area contributed by atoms with Crippen molar-refractivity contribution in [2.24, 2.45) is 5.92 Å². The van der Waals surface area contributed by atoms with Crippen LogP contribution < -0.4 is 5.32 Å². The van der Waals surface area contributed by atoms with E-state index in [0.29, 0.717) is 31.6 Å². The Morgan fingerprint density at radius 3 is 2.61 bits per heavy atom. The third kappa shape index (κ3) is 3.88. The van der Waals surface area contributed by atoms with Crippen LogP contribution in [-0.2, 0) is 11.3 Å². The van der Waals surface area contributed by atoms with Crippen molar-refractivity contribution in [3.8, 4) is 0 Å². The third-order valence-corrected chi connectivity index (χ3v) is 5.17. The molecule has 0 radical (unpaired) electrons. The number of halogens is 1. The molecule has 0 spiro atoms. The fourth-order valence-electron chi connectivity index (χ4n) is 3.71. The van der Waals surface area contributed by atoms with Gasteiger partial charge >= 0.3 is 0 Å². The van der Waals surface area contributed by atoms with Crippen LogP contribution in [0.15, 0.2) is 66.7 Å². The summed E-state index contributed by atoms with van der Waals surface area (Å²) in [4.78, 5) is 26.7. The molecule has 1 heterocycles. The molecule has 3 aromatic rings. The first-order chi connectivity index (χ1) is 13.6. The average Bonchev–Trinajstić information content (AvgIpc) is 3.06. The number of amides is 2. The quantitative estimate of drug-likeness (QED) is 0.737. The number of hydrogen-bond donors (Lipinski definition) is 1. The Morgan fingerprint density at radius 1 is 1.04 bits per heavy atom. The minimum atomic E-state index is -0.287. The first-order valence-electron chi connectivity index (χ1n) is 9.38. The molecule has 5 heteroatoms. The Balaban J connectivity index is 1.37. The number of nitrogens with zero attached hydrogens (tertiary/aromatic N) is 1. The van der Waals surface area contributed by atoms with E-state index in [2.05, 4.69) is 5.32 Å². The van der Waals surface area contributed by atoms with Crippen molar-refractivity contribution in [3.63, 3.8) is 0 Å². The van der Waals surface area contributed by atoms with Crippen molar-refractivity contribution in [1.82, 2.24) is 10.2 Å². The molecule has 0 aromatic heterocycles. The first kappa shape index (κ1) is 18.2. The van der Waals surface area contributed by atoms with E-state index < -0.39 is 0 Å². The Morgan fingerprint density at radius 2 is 1.79 bits per heavy atom. The SMILES string of the molecule is O=C(NCC1CC(=O)N(Cc2ccc(F)cc2)C1)c1cccc2ccccc12. The molecule has 1 N–H and O–H groups in total. The molecule has 1 fully saturated rings. The third-order valence-electron chi connectivity index (χ3n) is 5.17. The summed E-state index contributed by atoms with van der Waals surface area (Å²) in [7, 11) is 0. The summed E-state index contributed by atoms with van der Waals surface area (Å²) in [5.41, 5.74) is 1.54. The van der Waals surface area contributed by atoms with Crippen LogP contribution in [0.5, 0.6) is 0 Å². The van der Waals surface area contributed by atoms with Crippen molar-refractivity contribution < 1.29 is 14.0 Å². The summed E-state index contributed by atoms with van der Waals surface area (Å²) in [5, 5.41) is 4.92. The van der Waals surface area contributed by atoms with Crippen LogP contribution in [0.1, 0.15) is 22.3 Å². The monoisotopic (exact) mass is 376 g/mol. The molecule has 0 bridgehead atoms. The van der Waals surface area contributed by atoms with E-state index >= 15 is 0 Å². The van der Waals surface area contributed by atoms with Crippen molar-refractivity contribution >= 4 is 22.6 Å². The molecule has 1 aliphatic rings. The van der Waals surface area contributed by atoms with Gasteiger partial charge in [0.25, 0.3) is 5.91 Å². The predicted molar refractivity (Wildman–Crippen MR) is 106 cm³/mol. The topological polar surface area (TPSA) is 49.4 Å². The van der Waals surface area contributed by atoms with Gasteiger partial charge in [0.15, 0.2) is 0 Å². The van der Waals surface area contributed by atoms with Gasteiger partial charge in [-0.15, -0.1) is 0 Å². The number of carbonyl (C=O) groups is 2. The van der Waals surface area contributed by atoms with Gasteiger partial charge in [0, 0.05) is 37.5 Å². The molecule has 1 unspecified atom stereocenters. The van der Waals surface area contributed by atoms with E-state index in [1.165, 1.54) is 12.1 Å². The van der Waals surface area contributed by atoms with E-state index in [0.717, 1.165) is 16.3 Å². The summed E-state index contributed by atoms with van der Waals surface area (Å²) in [5.74, 6) is -0.271. The van der Waals surface area contributed by atoms with Gasteiger partial charge in [-0.3, -0.25) is 9.59 Å². The zero-order valence-electron chi connectivity index (χ0n) is 15.4. The number of carbonyl (C=O) groups excluding carboxylic acids is 2. The molecule has 1 aliphatic heterocycles. The molecule has 1 atom stereocenters. The highest BCUT2D eigenvalue weighted by Crippen LogP contribution is 2.21. The molecule has 0 saturated carbocycles. The lowest BCUT2D eigenvalue weighted by Gasteiger charge is -2.17. The molecule has 0 aliphatic carbocycles. The van der Waals surface area contributed by atoms with Crippen LogP contribution in [0.3, 0.4) is 0 Å². The zero-order valence-corrected chi connectivity index (χ0v) is 15.4. The second kappa shape index (κ2) is 7.80. The van der Waals surface area contributed by atoms with E-state index in [1.807, 2.05) is 42.5 Å². The molecular weight excluding hydrogens is 355 g/mol. The fraction of sp³-hybridized carbons (Fsp3) is 0.217. The van der Waals surface area contributed by atoms with Gasteiger partial charge in [0.1, 0.15) is 5.82 Å². The normalized spacial score (nSPS) is 16.5. The summed E-state index contributed by atoms with van der Waals surface area (Å²) >= 11 is 0. The van der Waals surface area contributed by atoms with Crippen LogP contribution in [0.2, 0.25) is 0 Å². The molecule has 142 valence electrons. The standard InChI is InChI=1S/C23H21FN2O2/c24-19-10-8-16(9-11-19)14-26-15-17(12-22(26)27)13-25-23(28)21-7-3-5-18-4-1-2-6-20(18)21/h1-11,17H,12-15H2,(H,25,28). The Hall–Kier alpha value is -3.21. The Bertz CT molecular complexity index is 1010. The molecule has 1 saturated heterocycles. The largest absolute Gasteiger partial charge is 0.352 e. The summed E-state index contributed by atoms with van der Waals surface area (Å²) in [6.45, 7) is 1.51. The molecule has 4 nitrogen and oxygen atoms in total. The lowest BCUT2D eigenvalue weighted by molar-refractivity contribution is -0.128. The summed E-state index contributed by atoms with van der Waals surface area (Å²) < 4.78 is 13.0. The highest BCUT2D eigenvalue weighted by molar-refractivity contribution is 6.07. The zero-order chi connectivity index (χ0) is 19.5. The van der Waals surface area contributed by atoms with Gasteiger partial charge in [-0.25, -0.2) is 4.39 Å². The molecular formula is C23H21FN2O2. The molecule has 28 heavy (non-hydrogen) atoms. The summed E-state index contributed by atoms with van der Waals surface area (Å²) in [6.07, 6.45) is 0.414. The van der Waals surface area contributed by atoms with E-state index in [9.17, 15) is 14.0 Å². The van der Waals surface area contributed by atoms with E-state index in [4.69, 9.17) is 0 Å². The maximum absolute atomic E-state index is 13.0. The molecule has 3 aromatic carbocycles. The predicted octanol–water partition coefficient (Wildman–Crippen LogP) is 3.76. The lowest BCUT2D eigenvalue weighted by Crippen LogP contribution is -2.31. The van der Waals surface area contributed by atoms with Crippen molar-refractivity contribution in [2.45, 2.75) is 13.0 Å². The highest BCUT2D eigenvalue weighted by Gasteiger charge is 2.29. The number of nitrogens with one attached hydrogen (secondary N) is 1. The lowest BCUT2D eigenvalue weighted by atomic mass is 10.0. The van der Waals surface area contributed by atoms with Crippen LogP contribution in [0.25, 0.3) is 10.8 Å². The number of fused-ring (bicyclic) bond motifs is 1. The fourth-order valence-corrected chi connectivity index (χ4v) is 3.71. The highest BCUT2D eigenvalue weighted by atomic mass is 19.1. The second-order valence-electron chi connectivity index (χ2n) is 7.21. The van der Waals surface area contributed by atoms with Gasteiger partial charge in [-0.05, 0) is 34.5 Å². The summed E-state index contributed by atoms with van der Waals surface area (Å²) in [6, 6.07) is 19.6. The smallest absolute Gasteiger partial charge is 0.251 e. The van der Waals surface area contributed by atoms with Crippen LogP contribution in [0.4, 0.5) is 4.39 Å². The molecule has 4 rings (SSSR count). The number of benzene rings is 3. The number of hydrogen-bond acceptors (Lipinski definition) is 2. The minimum absolute atomic E-state index is 0.0636. The Labute approximate surface area is 163 Å². The van der Waals surface area contributed by atoms with Gasteiger partial charge in [-0.1, -0.05) is 48.5 Å². The maximum atomic E-state index is 13.0. The first-order valence-corrected chi connectivity index (χ1v) is 9.38. The van der Waals surface area contributed by atoms with Crippen LogP contribution >= 0.6 is 0 Å². The average molecular weight is 376 g/mol. The van der Waals surface area contributed by atoms with E-state index in [-0.39, 0.29) is 23.5 Å². The van der Waals surface area contributed by atoms with Crippen molar-refractivity contribution in [1.29, 1.82) is 0 Å². The minimum Gasteiger partial charge on any atom is -0.352 e. The van der Waals surface area contributed by atoms with Gasteiger partial charge in [0.05, 0.1) is 0 Å². The van der Waals surface area contributed by atoms with Gasteiger partial charge < -0.3 is 10.2 Å². The number of likely N-dealkylation sites (tertiary alicyclic amines) is 1. The number of rotatable bonds is 5. The van der Waals surface area contributed by atoms with Crippen LogP contribution in [0, 0.1) is 11.7 Å². The van der Waals surface area contributed by atoms with Crippen molar-refractivity contribution in [2.75, 3.05) is 13.1 Å². The molecule has 2 amide bonds. The second-order valence-corrected chi connectivity index (χ2v) is 7.21. The Kier molecular flexibility index (Phi) is 5.06. The van der Waals surface area contributed by atoms with Crippen LogP contribution in [-0.4, -0.2) is 29.8 Å². The van der Waals surface area contributed by atoms with Crippen molar-refractivity contribution in [3.05, 3.63) is 83.7 Å². The van der Waals surface area contributed by atoms with Gasteiger partial charge in [0.2, 0.25) is 5.91 Å².